The van der Waals surface area contributed by atoms with Crippen LogP contribution in [0.15, 0.2) is 6.20 Å². The van der Waals surface area contributed by atoms with Crippen molar-refractivity contribution in [2.45, 2.75) is 39.0 Å². The van der Waals surface area contributed by atoms with E-state index in [0.29, 0.717) is 6.42 Å². The van der Waals surface area contributed by atoms with Gasteiger partial charge in [0.1, 0.15) is 0 Å². The minimum Gasteiger partial charge on any atom is -0.481 e. The van der Waals surface area contributed by atoms with E-state index in [9.17, 15) is 4.79 Å². The SMILES string of the molecule is CC(Cc1cnc2c(n1)CCCC2)C(=O)O. The van der Waals surface area contributed by atoms with Gasteiger partial charge in [0, 0.05) is 12.6 Å². The molecule has 4 nitrogen and oxygen atoms in total. The molecule has 1 aromatic rings. The average molecular weight is 220 g/mol. The maximum Gasteiger partial charge on any atom is 0.306 e. The Morgan fingerprint density at radius 3 is 2.81 bits per heavy atom. The van der Waals surface area contributed by atoms with Crippen LogP contribution in [0.2, 0.25) is 0 Å². The second kappa shape index (κ2) is 4.60. The highest BCUT2D eigenvalue weighted by Gasteiger charge is 2.16. The van der Waals surface area contributed by atoms with Crippen molar-refractivity contribution in [1.82, 2.24) is 9.97 Å². The van der Waals surface area contributed by atoms with E-state index in [0.717, 1.165) is 29.9 Å². The summed E-state index contributed by atoms with van der Waals surface area (Å²) in [7, 11) is 0. The lowest BCUT2D eigenvalue weighted by atomic mass is 9.99. The predicted octanol–water partition coefficient (Wildman–Crippen LogP) is 1.62. The fraction of sp³-hybridized carbons (Fsp3) is 0.583. The molecule has 0 fully saturated rings. The number of nitrogens with zero attached hydrogens (tertiary/aromatic N) is 2. The van der Waals surface area contributed by atoms with Gasteiger partial charge in [-0.1, -0.05) is 6.92 Å². The Labute approximate surface area is 94.7 Å². The zero-order chi connectivity index (χ0) is 11.5. The van der Waals surface area contributed by atoms with Crippen LogP contribution in [-0.4, -0.2) is 21.0 Å². The fourth-order valence-corrected chi connectivity index (χ4v) is 1.99. The first-order valence-electron chi connectivity index (χ1n) is 5.73. The lowest BCUT2D eigenvalue weighted by molar-refractivity contribution is -0.141. The smallest absolute Gasteiger partial charge is 0.306 e. The Bertz CT molecular complexity index is 404. The molecule has 0 bridgehead atoms. The van der Waals surface area contributed by atoms with E-state index in [2.05, 4.69) is 9.97 Å². The number of aromatic nitrogens is 2. The quantitative estimate of drug-likeness (QED) is 0.840. The van der Waals surface area contributed by atoms with Gasteiger partial charge < -0.3 is 5.11 Å². The molecule has 0 spiro atoms. The monoisotopic (exact) mass is 220 g/mol. The van der Waals surface area contributed by atoms with Gasteiger partial charge in [0.2, 0.25) is 0 Å². The molecule has 0 radical (unpaired) electrons. The number of carboxylic acid groups (broad SMARTS) is 1. The third-order valence-corrected chi connectivity index (χ3v) is 3.00. The van der Waals surface area contributed by atoms with Crippen molar-refractivity contribution in [1.29, 1.82) is 0 Å². The summed E-state index contributed by atoms with van der Waals surface area (Å²) in [6.45, 7) is 1.70. The number of fused-ring (bicyclic) bond motifs is 1. The lowest BCUT2D eigenvalue weighted by Crippen LogP contribution is -2.15. The van der Waals surface area contributed by atoms with Crippen LogP contribution < -0.4 is 0 Å². The van der Waals surface area contributed by atoms with Crippen LogP contribution in [0.4, 0.5) is 0 Å². The Morgan fingerprint density at radius 2 is 2.12 bits per heavy atom. The molecule has 0 aliphatic heterocycles. The van der Waals surface area contributed by atoms with Crippen molar-refractivity contribution in [3.05, 3.63) is 23.3 Å². The number of rotatable bonds is 3. The van der Waals surface area contributed by atoms with Crippen molar-refractivity contribution in [3.8, 4) is 0 Å². The summed E-state index contributed by atoms with van der Waals surface area (Å²) in [6.07, 6.45) is 6.54. The molecule has 1 N–H and O–H groups in total. The second-order valence-corrected chi connectivity index (χ2v) is 4.41. The molecule has 16 heavy (non-hydrogen) atoms. The van der Waals surface area contributed by atoms with Gasteiger partial charge in [-0.05, 0) is 25.7 Å². The number of carboxylic acids is 1. The molecule has 0 saturated carbocycles. The largest absolute Gasteiger partial charge is 0.481 e. The van der Waals surface area contributed by atoms with E-state index >= 15 is 0 Å². The van der Waals surface area contributed by atoms with Crippen LogP contribution in [0.5, 0.6) is 0 Å². The standard InChI is InChI=1S/C12H16N2O2/c1-8(12(15)16)6-9-7-13-10-4-2-3-5-11(10)14-9/h7-8H,2-6H2,1H3,(H,15,16). The number of aliphatic carboxylic acids is 1. The van der Waals surface area contributed by atoms with Crippen LogP contribution in [0.1, 0.15) is 36.8 Å². The number of hydrogen-bond donors (Lipinski definition) is 1. The highest BCUT2D eigenvalue weighted by molar-refractivity contribution is 5.69. The zero-order valence-corrected chi connectivity index (χ0v) is 9.44. The molecule has 4 heteroatoms. The van der Waals surface area contributed by atoms with Crippen LogP contribution in [-0.2, 0) is 24.1 Å². The molecular formula is C12H16N2O2. The van der Waals surface area contributed by atoms with E-state index in [1.54, 1.807) is 13.1 Å². The minimum atomic E-state index is -0.778. The van der Waals surface area contributed by atoms with Crippen LogP contribution in [0, 0.1) is 5.92 Å². The summed E-state index contributed by atoms with van der Waals surface area (Å²) >= 11 is 0. The van der Waals surface area contributed by atoms with Crippen molar-refractivity contribution in [3.63, 3.8) is 0 Å². The van der Waals surface area contributed by atoms with Gasteiger partial charge in [-0.2, -0.15) is 0 Å². The molecule has 1 aromatic heterocycles. The second-order valence-electron chi connectivity index (χ2n) is 4.41. The Hall–Kier alpha value is -1.45. The molecule has 0 aromatic carbocycles. The Kier molecular flexibility index (Phi) is 3.17. The highest BCUT2D eigenvalue weighted by Crippen LogP contribution is 2.18. The molecular weight excluding hydrogens is 204 g/mol. The first kappa shape index (κ1) is 11.0. The van der Waals surface area contributed by atoms with Gasteiger partial charge in [-0.3, -0.25) is 14.8 Å². The van der Waals surface area contributed by atoms with E-state index < -0.39 is 11.9 Å². The van der Waals surface area contributed by atoms with E-state index in [4.69, 9.17) is 5.11 Å². The first-order chi connectivity index (χ1) is 7.66. The zero-order valence-electron chi connectivity index (χ0n) is 9.44. The molecule has 1 atom stereocenters. The maximum atomic E-state index is 10.7. The Morgan fingerprint density at radius 1 is 1.44 bits per heavy atom. The maximum absolute atomic E-state index is 10.7. The van der Waals surface area contributed by atoms with Crippen molar-refractivity contribution in [2.75, 3.05) is 0 Å². The van der Waals surface area contributed by atoms with E-state index in [1.807, 2.05) is 0 Å². The normalized spacial score (nSPS) is 16.6. The third-order valence-electron chi connectivity index (χ3n) is 3.00. The molecule has 1 unspecified atom stereocenters. The van der Waals surface area contributed by atoms with Gasteiger partial charge in [0.15, 0.2) is 0 Å². The summed E-state index contributed by atoms with van der Waals surface area (Å²) in [5.41, 5.74) is 2.97. The Balaban J connectivity index is 2.14. The fourth-order valence-electron chi connectivity index (χ4n) is 1.99. The molecule has 2 rings (SSSR count). The van der Waals surface area contributed by atoms with Gasteiger partial charge in [-0.15, -0.1) is 0 Å². The molecule has 1 aliphatic rings. The molecule has 1 heterocycles. The van der Waals surface area contributed by atoms with Gasteiger partial charge in [0.05, 0.1) is 23.0 Å². The van der Waals surface area contributed by atoms with Gasteiger partial charge in [-0.25, -0.2) is 0 Å². The summed E-state index contributed by atoms with van der Waals surface area (Å²) in [5.74, 6) is -1.17. The van der Waals surface area contributed by atoms with Crippen LogP contribution >= 0.6 is 0 Å². The van der Waals surface area contributed by atoms with Crippen molar-refractivity contribution >= 4 is 5.97 Å². The van der Waals surface area contributed by atoms with Crippen molar-refractivity contribution in [2.24, 2.45) is 5.92 Å². The topological polar surface area (TPSA) is 63.1 Å². The molecule has 1 aliphatic carbocycles. The first-order valence-corrected chi connectivity index (χ1v) is 5.73. The molecule has 86 valence electrons. The lowest BCUT2D eigenvalue weighted by Gasteiger charge is -2.14. The average Bonchev–Trinajstić information content (AvgIpc) is 2.28. The van der Waals surface area contributed by atoms with E-state index in [-0.39, 0.29) is 0 Å². The van der Waals surface area contributed by atoms with Crippen LogP contribution in [0.3, 0.4) is 0 Å². The summed E-state index contributed by atoms with van der Waals surface area (Å²) < 4.78 is 0. The van der Waals surface area contributed by atoms with Crippen molar-refractivity contribution < 1.29 is 9.90 Å². The van der Waals surface area contributed by atoms with E-state index in [1.165, 1.54) is 12.8 Å². The van der Waals surface area contributed by atoms with Gasteiger partial charge >= 0.3 is 5.97 Å². The number of aryl methyl sites for hydroxylation is 2. The van der Waals surface area contributed by atoms with Gasteiger partial charge in [0.25, 0.3) is 0 Å². The summed E-state index contributed by atoms with van der Waals surface area (Å²) in [5, 5.41) is 8.83. The number of hydrogen-bond acceptors (Lipinski definition) is 3. The predicted molar refractivity (Wildman–Crippen MR) is 59.2 cm³/mol. The highest BCUT2D eigenvalue weighted by atomic mass is 16.4. The summed E-state index contributed by atoms with van der Waals surface area (Å²) in [4.78, 5) is 19.6. The third kappa shape index (κ3) is 2.38. The molecule has 0 amide bonds. The molecule has 0 saturated heterocycles. The number of carbonyl (C=O) groups is 1. The minimum absolute atomic E-state index is 0.393. The van der Waals surface area contributed by atoms with Crippen LogP contribution in [0.25, 0.3) is 0 Å². The summed E-state index contributed by atoms with van der Waals surface area (Å²) in [6, 6.07) is 0.